The lowest BCUT2D eigenvalue weighted by molar-refractivity contribution is 0.170. The maximum Gasteiger partial charge on any atom is 0.411 e. The summed E-state index contributed by atoms with van der Waals surface area (Å²) >= 11 is 3.30. The predicted octanol–water partition coefficient (Wildman–Crippen LogP) is 3.06. The first-order valence-electron chi connectivity index (χ1n) is 5.92. The number of halogens is 1. The first-order valence-corrected chi connectivity index (χ1v) is 6.71. The number of benzene rings is 1. The molecule has 1 amide bonds. The summed E-state index contributed by atoms with van der Waals surface area (Å²) in [7, 11) is 0. The van der Waals surface area contributed by atoms with Crippen LogP contribution >= 0.6 is 15.9 Å². The van der Waals surface area contributed by atoms with Crippen molar-refractivity contribution in [1.29, 1.82) is 0 Å². The summed E-state index contributed by atoms with van der Waals surface area (Å²) in [6.07, 6.45) is 1.07. The van der Waals surface area contributed by atoms with Crippen LogP contribution in [0.2, 0.25) is 0 Å². The van der Waals surface area contributed by atoms with E-state index >= 15 is 0 Å². The van der Waals surface area contributed by atoms with E-state index in [-0.39, 0.29) is 6.54 Å². The van der Waals surface area contributed by atoms with E-state index in [1.807, 2.05) is 0 Å². The number of carboxylic acid groups (broad SMARTS) is 1. The molecule has 104 valence electrons. The lowest BCUT2D eigenvalue weighted by atomic mass is 10.1. The summed E-state index contributed by atoms with van der Waals surface area (Å²) in [6, 6.07) is 10.3. The monoisotopic (exact) mass is 336 g/mol. The van der Waals surface area contributed by atoms with Crippen LogP contribution in [0.4, 0.5) is 10.5 Å². The molecule has 2 N–H and O–H groups in total. The van der Waals surface area contributed by atoms with Crippen LogP contribution in [0.15, 0.2) is 53.3 Å². The normalized spacial score (nSPS) is 11.9. The Bertz CT molecular complexity index is 592. The molecule has 0 fully saturated rings. The number of rotatable bonds is 4. The third-order valence-electron chi connectivity index (χ3n) is 2.78. The van der Waals surface area contributed by atoms with Gasteiger partial charge in [-0.15, -0.1) is 0 Å². The fourth-order valence-corrected chi connectivity index (χ4v) is 2.18. The Hall–Kier alpha value is -1.92. The molecule has 2 aromatic rings. The van der Waals surface area contributed by atoms with Crippen molar-refractivity contribution in [2.45, 2.75) is 6.10 Å². The van der Waals surface area contributed by atoms with E-state index < -0.39 is 12.2 Å². The van der Waals surface area contributed by atoms with Crippen molar-refractivity contribution in [2.75, 3.05) is 11.4 Å². The van der Waals surface area contributed by atoms with Crippen molar-refractivity contribution in [3.8, 4) is 0 Å². The Morgan fingerprint density at radius 1 is 1.35 bits per heavy atom. The van der Waals surface area contributed by atoms with Crippen LogP contribution in [0.3, 0.4) is 0 Å². The third-order valence-corrected chi connectivity index (χ3v) is 3.27. The van der Waals surface area contributed by atoms with Crippen molar-refractivity contribution in [1.82, 2.24) is 4.98 Å². The van der Waals surface area contributed by atoms with Gasteiger partial charge in [0.05, 0.1) is 12.6 Å². The molecule has 1 heterocycles. The second-order valence-corrected chi connectivity index (χ2v) is 5.09. The van der Waals surface area contributed by atoms with Crippen molar-refractivity contribution in [2.24, 2.45) is 0 Å². The smallest absolute Gasteiger partial charge is 0.411 e. The maximum atomic E-state index is 11.4. The SMILES string of the molecule is O=C(O)N(C[C@H](O)c1cccnc1)c1cccc(Br)c1. The summed E-state index contributed by atoms with van der Waals surface area (Å²) in [5.74, 6) is 0. The molecule has 0 saturated heterocycles. The van der Waals surface area contributed by atoms with Crippen LogP contribution < -0.4 is 4.90 Å². The fourth-order valence-electron chi connectivity index (χ4n) is 1.79. The highest BCUT2D eigenvalue weighted by atomic mass is 79.9. The average molecular weight is 337 g/mol. The van der Waals surface area contributed by atoms with Crippen molar-refractivity contribution < 1.29 is 15.0 Å². The summed E-state index contributed by atoms with van der Waals surface area (Å²) in [4.78, 5) is 16.4. The van der Waals surface area contributed by atoms with E-state index in [9.17, 15) is 15.0 Å². The van der Waals surface area contributed by atoms with Gasteiger partial charge < -0.3 is 10.2 Å². The van der Waals surface area contributed by atoms with E-state index in [2.05, 4.69) is 20.9 Å². The van der Waals surface area contributed by atoms with Gasteiger partial charge in [-0.25, -0.2) is 4.79 Å². The number of aromatic nitrogens is 1. The topological polar surface area (TPSA) is 73.7 Å². The lowest BCUT2D eigenvalue weighted by Crippen LogP contribution is -2.33. The number of pyridine rings is 1. The van der Waals surface area contributed by atoms with E-state index in [0.717, 1.165) is 9.37 Å². The number of carbonyl (C=O) groups is 1. The summed E-state index contributed by atoms with van der Waals surface area (Å²) < 4.78 is 0.775. The first-order chi connectivity index (χ1) is 9.58. The number of anilines is 1. The molecule has 5 nitrogen and oxygen atoms in total. The standard InChI is InChI=1S/C14H13BrN2O3/c15-11-4-1-5-12(7-11)17(14(19)20)9-13(18)10-3-2-6-16-8-10/h1-8,13,18H,9H2,(H,19,20)/t13-/m0/s1. The quantitative estimate of drug-likeness (QED) is 0.899. The fraction of sp³-hybridized carbons (Fsp3) is 0.143. The van der Waals surface area contributed by atoms with E-state index in [0.29, 0.717) is 11.3 Å². The molecule has 0 aliphatic heterocycles. The number of hydrogen-bond donors (Lipinski definition) is 2. The number of hydrogen-bond acceptors (Lipinski definition) is 3. The van der Waals surface area contributed by atoms with Gasteiger partial charge >= 0.3 is 6.09 Å². The minimum absolute atomic E-state index is 0.0581. The molecule has 0 aliphatic carbocycles. The minimum atomic E-state index is -1.12. The van der Waals surface area contributed by atoms with Crippen LogP contribution in [-0.2, 0) is 0 Å². The molecule has 0 saturated carbocycles. The van der Waals surface area contributed by atoms with Gasteiger partial charge in [0.2, 0.25) is 0 Å². The van der Waals surface area contributed by atoms with E-state index in [1.165, 1.54) is 6.20 Å². The van der Waals surface area contributed by atoms with Gasteiger partial charge in [0.1, 0.15) is 0 Å². The molecule has 1 aromatic heterocycles. The van der Waals surface area contributed by atoms with Gasteiger partial charge in [0, 0.05) is 28.1 Å². The number of aliphatic hydroxyl groups is 1. The van der Waals surface area contributed by atoms with Crippen molar-refractivity contribution in [3.05, 3.63) is 58.8 Å². The molecule has 6 heteroatoms. The lowest BCUT2D eigenvalue weighted by Gasteiger charge is -2.22. The van der Waals surface area contributed by atoms with Gasteiger partial charge in [-0.1, -0.05) is 28.1 Å². The van der Waals surface area contributed by atoms with Crippen LogP contribution in [0, 0.1) is 0 Å². The highest BCUT2D eigenvalue weighted by Gasteiger charge is 2.20. The largest absolute Gasteiger partial charge is 0.465 e. The molecule has 0 spiro atoms. The van der Waals surface area contributed by atoms with Crippen LogP contribution in [-0.4, -0.2) is 27.8 Å². The van der Waals surface area contributed by atoms with Gasteiger partial charge in [-0.2, -0.15) is 0 Å². The Morgan fingerprint density at radius 3 is 2.75 bits per heavy atom. The molecule has 0 aliphatic rings. The maximum absolute atomic E-state index is 11.4. The molecule has 0 bridgehead atoms. The summed E-state index contributed by atoms with van der Waals surface area (Å²) in [5.41, 5.74) is 1.07. The average Bonchev–Trinajstić information content (AvgIpc) is 2.45. The summed E-state index contributed by atoms with van der Waals surface area (Å²) in [5, 5.41) is 19.4. The van der Waals surface area contributed by atoms with Gasteiger partial charge in [0.15, 0.2) is 0 Å². The van der Waals surface area contributed by atoms with Gasteiger partial charge in [-0.05, 0) is 24.3 Å². The van der Waals surface area contributed by atoms with Crippen molar-refractivity contribution in [3.63, 3.8) is 0 Å². The van der Waals surface area contributed by atoms with E-state index in [4.69, 9.17) is 0 Å². The molecule has 0 unspecified atom stereocenters. The van der Waals surface area contributed by atoms with Crippen LogP contribution in [0.5, 0.6) is 0 Å². The molecule has 20 heavy (non-hydrogen) atoms. The van der Waals surface area contributed by atoms with Gasteiger partial charge in [0.25, 0.3) is 0 Å². The second kappa shape index (κ2) is 6.49. The highest BCUT2D eigenvalue weighted by Crippen LogP contribution is 2.23. The van der Waals surface area contributed by atoms with Crippen molar-refractivity contribution >= 4 is 27.7 Å². The van der Waals surface area contributed by atoms with Crippen LogP contribution in [0.1, 0.15) is 11.7 Å². The molecule has 0 radical (unpaired) electrons. The van der Waals surface area contributed by atoms with Gasteiger partial charge in [-0.3, -0.25) is 9.88 Å². The Labute approximate surface area is 124 Å². The predicted molar refractivity (Wildman–Crippen MR) is 78.7 cm³/mol. The summed E-state index contributed by atoms with van der Waals surface area (Å²) in [6.45, 7) is -0.0581. The minimum Gasteiger partial charge on any atom is -0.465 e. The molecular weight excluding hydrogens is 324 g/mol. The number of nitrogens with zero attached hydrogens (tertiary/aromatic N) is 2. The molecule has 1 aromatic carbocycles. The molecule has 1 atom stereocenters. The van der Waals surface area contributed by atoms with Crippen LogP contribution in [0.25, 0.3) is 0 Å². The zero-order valence-electron chi connectivity index (χ0n) is 10.5. The number of amides is 1. The molecular formula is C14H13BrN2O3. The first kappa shape index (κ1) is 14.5. The second-order valence-electron chi connectivity index (χ2n) is 4.18. The third kappa shape index (κ3) is 3.55. The zero-order chi connectivity index (χ0) is 14.5. The Morgan fingerprint density at radius 2 is 2.15 bits per heavy atom. The highest BCUT2D eigenvalue weighted by molar-refractivity contribution is 9.10. The Balaban J connectivity index is 2.20. The zero-order valence-corrected chi connectivity index (χ0v) is 12.1. The molecule has 2 rings (SSSR count). The Kier molecular flexibility index (Phi) is 4.70. The number of aliphatic hydroxyl groups excluding tert-OH is 1. The van der Waals surface area contributed by atoms with E-state index in [1.54, 1.807) is 42.6 Å².